The van der Waals surface area contributed by atoms with Crippen LogP contribution in [0.5, 0.6) is 0 Å². The molecule has 0 atom stereocenters. The Kier molecular flexibility index (Phi) is 6.66. The summed E-state index contributed by atoms with van der Waals surface area (Å²) in [5.41, 5.74) is 4.50. The van der Waals surface area contributed by atoms with E-state index in [1.807, 2.05) is 12.1 Å². The molecule has 0 saturated heterocycles. The molecule has 1 saturated carbocycles. The normalized spacial score (nSPS) is 15.9. The van der Waals surface area contributed by atoms with Crippen molar-refractivity contribution < 1.29 is 4.92 Å². The Morgan fingerprint density at radius 2 is 1.65 bits per heavy atom. The SMILES string of the molecule is CC(C)c1ccc(N=c2scc(-c3ccc([N+](=O)[O-])cc3)n2C2CCCCCC2)cc1. The van der Waals surface area contributed by atoms with Crippen LogP contribution >= 0.6 is 11.3 Å². The van der Waals surface area contributed by atoms with Crippen molar-refractivity contribution in [1.82, 2.24) is 4.57 Å². The topological polar surface area (TPSA) is 60.4 Å². The second-order valence-corrected chi connectivity index (χ2v) is 9.42. The number of aromatic nitrogens is 1. The lowest BCUT2D eigenvalue weighted by molar-refractivity contribution is -0.384. The van der Waals surface area contributed by atoms with E-state index in [1.54, 1.807) is 23.5 Å². The first kappa shape index (κ1) is 21.5. The summed E-state index contributed by atoms with van der Waals surface area (Å²) >= 11 is 1.65. The molecule has 1 heterocycles. The molecule has 1 aliphatic rings. The first-order valence-corrected chi connectivity index (χ1v) is 12.0. The van der Waals surface area contributed by atoms with E-state index in [1.165, 1.54) is 31.2 Å². The Morgan fingerprint density at radius 3 is 2.23 bits per heavy atom. The number of hydrogen-bond donors (Lipinski definition) is 0. The fourth-order valence-electron chi connectivity index (χ4n) is 4.28. The quantitative estimate of drug-likeness (QED) is 0.238. The van der Waals surface area contributed by atoms with Gasteiger partial charge in [-0.25, -0.2) is 4.99 Å². The van der Waals surface area contributed by atoms with E-state index in [0.29, 0.717) is 12.0 Å². The summed E-state index contributed by atoms with van der Waals surface area (Å²) in [6.07, 6.45) is 7.34. The predicted molar refractivity (Wildman–Crippen MR) is 127 cm³/mol. The van der Waals surface area contributed by atoms with Crippen LogP contribution in [0.25, 0.3) is 11.3 Å². The molecular formula is C25H29N3O2S. The van der Waals surface area contributed by atoms with E-state index in [0.717, 1.165) is 34.6 Å². The summed E-state index contributed by atoms with van der Waals surface area (Å²) in [5.74, 6) is 0.500. The number of benzene rings is 2. The molecule has 0 radical (unpaired) electrons. The minimum absolute atomic E-state index is 0.121. The van der Waals surface area contributed by atoms with Crippen LogP contribution in [0.2, 0.25) is 0 Å². The van der Waals surface area contributed by atoms with Gasteiger partial charge in [0, 0.05) is 23.6 Å². The maximum Gasteiger partial charge on any atom is 0.269 e. The molecular weight excluding hydrogens is 406 g/mol. The molecule has 1 aliphatic carbocycles. The molecule has 0 spiro atoms. The number of nitro benzene ring substituents is 1. The van der Waals surface area contributed by atoms with Crippen molar-refractivity contribution in [3.63, 3.8) is 0 Å². The van der Waals surface area contributed by atoms with E-state index >= 15 is 0 Å². The van der Waals surface area contributed by atoms with E-state index in [2.05, 4.69) is 48.1 Å². The zero-order valence-corrected chi connectivity index (χ0v) is 19.0. The van der Waals surface area contributed by atoms with Gasteiger partial charge >= 0.3 is 0 Å². The molecule has 0 aliphatic heterocycles. The highest BCUT2D eigenvalue weighted by Gasteiger charge is 2.20. The molecule has 4 rings (SSSR count). The van der Waals surface area contributed by atoms with Crippen molar-refractivity contribution in [3.8, 4) is 11.3 Å². The summed E-state index contributed by atoms with van der Waals surface area (Å²) in [7, 11) is 0. The third kappa shape index (κ3) is 4.96. The Hall–Kier alpha value is -2.73. The van der Waals surface area contributed by atoms with Crippen LogP contribution in [0, 0.1) is 10.1 Å². The monoisotopic (exact) mass is 435 g/mol. The van der Waals surface area contributed by atoms with Gasteiger partial charge in [0.15, 0.2) is 4.80 Å². The number of nitrogens with zero attached hydrogens (tertiary/aromatic N) is 3. The molecule has 31 heavy (non-hydrogen) atoms. The number of nitro groups is 1. The zero-order valence-electron chi connectivity index (χ0n) is 18.2. The molecule has 1 aromatic heterocycles. The molecule has 5 nitrogen and oxygen atoms in total. The lowest BCUT2D eigenvalue weighted by Gasteiger charge is -2.20. The Morgan fingerprint density at radius 1 is 1.00 bits per heavy atom. The van der Waals surface area contributed by atoms with Gasteiger partial charge < -0.3 is 4.57 Å². The Balaban J connectivity index is 1.78. The van der Waals surface area contributed by atoms with Crippen molar-refractivity contribution in [2.75, 3.05) is 0 Å². The van der Waals surface area contributed by atoms with Gasteiger partial charge in [0.05, 0.1) is 16.3 Å². The average molecular weight is 436 g/mol. The van der Waals surface area contributed by atoms with Crippen LogP contribution in [0.1, 0.15) is 69.9 Å². The summed E-state index contributed by atoms with van der Waals surface area (Å²) in [6.45, 7) is 4.39. The largest absolute Gasteiger partial charge is 0.313 e. The fourth-order valence-corrected chi connectivity index (χ4v) is 5.27. The highest BCUT2D eigenvalue weighted by atomic mass is 32.1. The van der Waals surface area contributed by atoms with Gasteiger partial charge in [-0.05, 0) is 54.2 Å². The number of thiazole rings is 1. The van der Waals surface area contributed by atoms with Crippen LogP contribution < -0.4 is 4.80 Å². The molecule has 2 aromatic carbocycles. The predicted octanol–water partition coefficient (Wildman–Crippen LogP) is 7.38. The lowest BCUT2D eigenvalue weighted by Crippen LogP contribution is -2.21. The van der Waals surface area contributed by atoms with Crippen molar-refractivity contribution in [2.45, 2.75) is 64.3 Å². The molecule has 0 amide bonds. The summed E-state index contributed by atoms with van der Waals surface area (Å²) in [6, 6.07) is 15.8. The Labute approximate surface area is 187 Å². The minimum Gasteiger partial charge on any atom is -0.313 e. The first-order valence-electron chi connectivity index (χ1n) is 11.1. The summed E-state index contributed by atoms with van der Waals surface area (Å²) < 4.78 is 2.38. The smallest absolute Gasteiger partial charge is 0.269 e. The van der Waals surface area contributed by atoms with E-state index in [9.17, 15) is 10.1 Å². The van der Waals surface area contributed by atoms with Crippen LogP contribution in [0.4, 0.5) is 11.4 Å². The average Bonchev–Trinajstić information content (AvgIpc) is 2.99. The molecule has 0 unspecified atom stereocenters. The molecule has 6 heteroatoms. The van der Waals surface area contributed by atoms with Crippen LogP contribution in [-0.4, -0.2) is 9.49 Å². The maximum atomic E-state index is 11.1. The number of hydrogen-bond acceptors (Lipinski definition) is 4. The zero-order chi connectivity index (χ0) is 21.8. The maximum absolute atomic E-state index is 11.1. The summed E-state index contributed by atoms with van der Waals surface area (Å²) in [5, 5.41) is 13.2. The lowest BCUT2D eigenvalue weighted by atomic mass is 10.0. The van der Waals surface area contributed by atoms with Crippen molar-refractivity contribution in [1.29, 1.82) is 0 Å². The highest BCUT2D eigenvalue weighted by molar-refractivity contribution is 7.07. The number of rotatable bonds is 5. The molecule has 3 aromatic rings. The third-order valence-corrected chi connectivity index (χ3v) is 6.93. The molecule has 1 fully saturated rings. The van der Waals surface area contributed by atoms with E-state index in [4.69, 9.17) is 4.99 Å². The number of non-ortho nitro benzene ring substituents is 1. The van der Waals surface area contributed by atoms with Gasteiger partial charge in [-0.15, -0.1) is 11.3 Å². The standard InChI is InChI=1S/C25H29N3O2S/c1-18(2)19-9-13-21(14-10-19)26-25-27(22-7-5-3-4-6-8-22)24(17-31-25)20-11-15-23(16-12-20)28(29)30/h9-18,22H,3-8H2,1-2H3. The van der Waals surface area contributed by atoms with Gasteiger partial charge in [-0.1, -0.05) is 51.7 Å². The molecule has 0 bridgehead atoms. The third-order valence-electron chi connectivity index (χ3n) is 6.09. The molecule has 0 N–H and O–H groups in total. The van der Waals surface area contributed by atoms with Crippen LogP contribution in [0.15, 0.2) is 58.9 Å². The van der Waals surface area contributed by atoms with Gasteiger partial charge in [0.25, 0.3) is 5.69 Å². The summed E-state index contributed by atoms with van der Waals surface area (Å²) in [4.78, 5) is 16.7. The van der Waals surface area contributed by atoms with Crippen molar-refractivity contribution >= 4 is 22.7 Å². The second-order valence-electron chi connectivity index (χ2n) is 8.58. The van der Waals surface area contributed by atoms with E-state index < -0.39 is 0 Å². The van der Waals surface area contributed by atoms with Gasteiger partial charge in [-0.3, -0.25) is 10.1 Å². The highest BCUT2D eigenvalue weighted by Crippen LogP contribution is 2.32. The van der Waals surface area contributed by atoms with Crippen LogP contribution in [-0.2, 0) is 0 Å². The van der Waals surface area contributed by atoms with Crippen molar-refractivity contribution in [3.05, 3.63) is 74.4 Å². The second kappa shape index (κ2) is 9.60. The minimum atomic E-state index is -0.349. The Bertz CT molecular complexity index is 1090. The van der Waals surface area contributed by atoms with Gasteiger partial charge in [0.1, 0.15) is 0 Å². The van der Waals surface area contributed by atoms with Crippen LogP contribution in [0.3, 0.4) is 0 Å². The van der Waals surface area contributed by atoms with Crippen molar-refractivity contribution in [2.24, 2.45) is 4.99 Å². The van der Waals surface area contributed by atoms with Gasteiger partial charge in [0.2, 0.25) is 0 Å². The first-order chi connectivity index (χ1) is 15.0. The van der Waals surface area contributed by atoms with Gasteiger partial charge in [-0.2, -0.15) is 0 Å². The van der Waals surface area contributed by atoms with E-state index in [-0.39, 0.29) is 10.6 Å². The fraction of sp³-hybridized carbons (Fsp3) is 0.400. The molecule has 162 valence electrons.